The van der Waals surface area contributed by atoms with Crippen LogP contribution in [-0.4, -0.2) is 7.05 Å². The fourth-order valence-electron chi connectivity index (χ4n) is 1.74. The Morgan fingerprint density at radius 1 is 1.25 bits per heavy atom. The van der Waals surface area contributed by atoms with E-state index in [1.54, 1.807) is 7.05 Å². The molecule has 90 valence electrons. The summed E-state index contributed by atoms with van der Waals surface area (Å²) in [4.78, 5) is 0. The molecule has 1 aromatic rings. The van der Waals surface area contributed by atoms with E-state index in [1.165, 1.54) is 12.1 Å². The molecule has 1 nitrogen and oxygen atoms in total. The molecule has 0 aliphatic heterocycles. The van der Waals surface area contributed by atoms with E-state index in [0.717, 1.165) is 0 Å². The number of hydrogen-bond acceptors (Lipinski definition) is 1. The molecule has 0 spiro atoms. The maximum absolute atomic E-state index is 13.7. The molecule has 0 heterocycles. The third-order valence-electron chi connectivity index (χ3n) is 2.45. The van der Waals surface area contributed by atoms with Crippen LogP contribution >= 0.6 is 15.9 Å². The summed E-state index contributed by atoms with van der Waals surface area (Å²) in [5.74, 6) is -0.640. The van der Waals surface area contributed by atoms with E-state index in [2.05, 4.69) is 21.2 Å². The van der Waals surface area contributed by atoms with Crippen LogP contribution < -0.4 is 5.32 Å². The van der Waals surface area contributed by atoms with Gasteiger partial charge in [0.05, 0.1) is 0 Å². The zero-order valence-electron chi connectivity index (χ0n) is 9.65. The largest absolute Gasteiger partial charge is 0.313 e. The van der Waals surface area contributed by atoms with Crippen molar-refractivity contribution in [2.45, 2.75) is 26.3 Å². The van der Waals surface area contributed by atoms with Gasteiger partial charge in [-0.3, -0.25) is 0 Å². The highest BCUT2D eigenvalue weighted by molar-refractivity contribution is 9.10. The molecule has 1 aromatic carbocycles. The molecule has 0 aliphatic carbocycles. The van der Waals surface area contributed by atoms with Gasteiger partial charge in [-0.1, -0.05) is 29.8 Å². The SMILES string of the molecule is CNC(CC(C)C)c1c(F)cc(Br)cc1F. The molecule has 0 aliphatic rings. The third kappa shape index (κ3) is 3.25. The summed E-state index contributed by atoms with van der Waals surface area (Å²) in [5.41, 5.74) is 0.124. The molecule has 0 bridgehead atoms. The molecule has 16 heavy (non-hydrogen) atoms. The molecule has 0 saturated carbocycles. The van der Waals surface area contributed by atoms with Gasteiger partial charge >= 0.3 is 0 Å². The molecule has 0 fully saturated rings. The minimum atomic E-state index is -0.508. The minimum Gasteiger partial charge on any atom is -0.313 e. The molecule has 1 rings (SSSR count). The first-order chi connectivity index (χ1) is 7.45. The lowest BCUT2D eigenvalue weighted by Gasteiger charge is -2.20. The molecule has 1 atom stereocenters. The highest BCUT2D eigenvalue weighted by atomic mass is 79.9. The predicted molar refractivity (Wildman–Crippen MR) is 65.3 cm³/mol. The molecule has 0 amide bonds. The Labute approximate surface area is 103 Å². The quantitative estimate of drug-likeness (QED) is 0.883. The number of benzene rings is 1. The van der Waals surface area contributed by atoms with Crippen molar-refractivity contribution in [2.24, 2.45) is 5.92 Å². The van der Waals surface area contributed by atoms with Crippen molar-refractivity contribution in [1.29, 1.82) is 0 Å². The summed E-state index contributed by atoms with van der Waals surface area (Å²) >= 11 is 3.07. The first-order valence-corrected chi connectivity index (χ1v) is 6.06. The summed E-state index contributed by atoms with van der Waals surface area (Å²) in [6.45, 7) is 4.05. The number of halogens is 3. The van der Waals surface area contributed by atoms with Gasteiger partial charge in [-0.2, -0.15) is 0 Å². The van der Waals surface area contributed by atoms with Crippen molar-refractivity contribution in [3.05, 3.63) is 33.8 Å². The average Bonchev–Trinajstić information content (AvgIpc) is 2.13. The highest BCUT2D eigenvalue weighted by Crippen LogP contribution is 2.28. The fourth-order valence-corrected chi connectivity index (χ4v) is 2.14. The Balaban J connectivity index is 3.09. The first kappa shape index (κ1) is 13.6. The normalized spacial score (nSPS) is 13.2. The molecule has 0 radical (unpaired) electrons. The predicted octanol–water partition coefficient (Wildman–Crippen LogP) is 4.03. The van der Waals surface area contributed by atoms with E-state index in [1.807, 2.05) is 13.8 Å². The Morgan fingerprint density at radius 3 is 2.12 bits per heavy atom. The van der Waals surface area contributed by atoms with Crippen LogP contribution in [0.4, 0.5) is 8.78 Å². The van der Waals surface area contributed by atoms with Crippen LogP contribution in [0.3, 0.4) is 0 Å². The van der Waals surface area contributed by atoms with Crippen LogP contribution in [0.1, 0.15) is 31.9 Å². The number of hydrogen-bond donors (Lipinski definition) is 1. The lowest BCUT2D eigenvalue weighted by Crippen LogP contribution is -2.21. The summed E-state index contributed by atoms with van der Waals surface area (Å²) in [7, 11) is 1.72. The van der Waals surface area contributed by atoms with E-state index in [4.69, 9.17) is 0 Å². The van der Waals surface area contributed by atoms with Crippen molar-refractivity contribution >= 4 is 15.9 Å². The van der Waals surface area contributed by atoms with Crippen LogP contribution in [0, 0.1) is 17.6 Å². The van der Waals surface area contributed by atoms with Gasteiger partial charge in [-0.25, -0.2) is 8.78 Å². The molecule has 0 aromatic heterocycles. The Hall–Kier alpha value is -0.480. The van der Waals surface area contributed by atoms with Crippen LogP contribution in [0.5, 0.6) is 0 Å². The molecule has 1 N–H and O–H groups in total. The lowest BCUT2D eigenvalue weighted by atomic mass is 9.96. The number of rotatable bonds is 4. The van der Waals surface area contributed by atoms with Crippen molar-refractivity contribution in [1.82, 2.24) is 5.32 Å². The second kappa shape index (κ2) is 5.73. The molecular formula is C12H16BrF2N. The summed E-state index contributed by atoms with van der Waals surface area (Å²) in [5, 5.41) is 2.96. The maximum atomic E-state index is 13.7. The van der Waals surface area contributed by atoms with E-state index in [-0.39, 0.29) is 11.6 Å². The number of nitrogens with one attached hydrogen (secondary N) is 1. The van der Waals surface area contributed by atoms with Gasteiger partial charge in [0.15, 0.2) is 0 Å². The van der Waals surface area contributed by atoms with E-state index in [0.29, 0.717) is 16.8 Å². The van der Waals surface area contributed by atoms with Crippen LogP contribution in [0.25, 0.3) is 0 Å². The van der Waals surface area contributed by atoms with Crippen LogP contribution in [0.2, 0.25) is 0 Å². The van der Waals surface area contributed by atoms with Crippen molar-refractivity contribution < 1.29 is 8.78 Å². The standard InChI is InChI=1S/C12H16BrF2N/c1-7(2)4-11(16-3)12-9(14)5-8(13)6-10(12)15/h5-7,11,16H,4H2,1-3H3. The smallest absolute Gasteiger partial charge is 0.132 e. The van der Waals surface area contributed by atoms with Gasteiger partial charge in [-0.15, -0.1) is 0 Å². The maximum Gasteiger partial charge on any atom is 0.132 e. The summed E-state index contributed by atoms with van der Waals surface area (Å²) in [6, 6.07) is 2.31. The van der Waals surface area contributed by atoms with Crippen molar-refractivity contribution in [3.8, 4) is 0 Å². The molecular weight excluding hydrogens is 276 g/mol. The third-order valence-corrected chi connectivity index (χ3v) is 2.91. The fraction of sp³-hybridized carbons (Fsp3) is 0.500. The topological polar surface area (TPSA) is 12.0 Å². The van der Waals surface area contributed by atoms with Gasteiger partial charge in [0.2, 0.25) is 0 Å². The van der Waals surface area contributed by atoms with Gasteiger partial charge in [0.1, 0.15) is 11.6 Å². The summed E-state index contributed by atoms with van der Waals surface area (Å²) < 4.78 is 27.8. The van der Waals surface area contributed by atoms with E-state index < -0.39 is 11.6 Å². The van der Waals surface area contributed by atoms with E-state index >= 15 is 0 Å². The zero-order valence-corrected chi connectivity index (χ0v) is 11.2. The van der Waals surface area contributed by atoms with Crippen molar-refractivity contribution in [2.75, 3.05) is 7.05 Å². The average molecular weight is 292 g/mol. The van der Waals surface area contributed by atoms with Gasteiger partial charge in [0, 0.05) is 16.1 Å². The molecule has 1 unspecified atom stereocenters. The lowest BCUT2D eigenvalue weighted by molar-refractivity contribution is 0.420. The second-order valence-electron chi connectivity index (χ2n) is 4.25. The second-order valence-corrected chi connectivity index (χ2v) is 5.17. The van der Waals surface area contributed by atoms with Gasteiger partial charge in [-0.05, 0) is 31.5 Å². The minimum absolute atomic E-state index is 0.124. The van der Waals surface area contributed by atoms with Gasteiger partial charge < -0.3 is 5.32 Å². The molecule has 0 saturated heterocycles. The highest BCUT2D eigenvalue weighted by Gasteiger charge is 2.20. The van der Waals surface area contributed by atoms with Crippen molar-refractivity contribution in [3.63, 3.8) is 0 Å². The van der Waals surface area contributed by atoms with E-state index in [9.17, 15) is 8.78 Å². The molecule has 4 heteroatoms. The Morgan fingerprint density at radius 2 is 1.75 bits per heavy atom. The Kier molecular flexibility index (Phi) is 4.87. The van der Waals surface area contributed by atoms with Crippen LogP contribution in [0.15, 0.2) is 16.6 Å². The zero-order chi connectivity index (χ0) is 12.3. The first-order valence-electron chi connectivity index (χ1n) is 5.27. The summed E-state index contributed by atoms with van der Waals surface area (Å²) in [6.07, 6.45) is 0.700. The monoisotopic (exact) mass is 291 g/mol. The van der Waals surface area contributed by atoms with Crippen LogP contribution in [-0.2, 0) is 0 Å². The Bertz CT molecular complexity index is 343. The van der Waals surface area contributed by atoms with Gasteiger partial charge in [0.25, 0.3) is 0 Å².